The number of piperidine rings is 1. The number of likely N-dealkylation sites (tertiary alicyclic amines) is 1. The molecule has 3 heterocycles. The van der Waals surface area contributed by atoms with Gasteiger partial charge in [-0.1, -0.05) is 24.3 Å². The van der Waals surface area contributed by atoms with Gasteiger partial charge in [0.25, 0.3) is 0 Å². The molecule has 1 saturated heterocycles. The summed E-state index contributed by atoms with van der Waals surface area (Å²) in [7, 11) is 0. The number of benzene rings is 1. The molecule has 1 aromatic carbocycles. The molecule has 1 amide bonds. The molecule has 0 atom stereocenters. The number of hydrogen-bond acceptors (Lipinski definition) is 8. The smallest absolute Gasteiger partial charge is 0.410 e. The number of carbonyl (C=O) groups excluding carboxylic acids is 1. The second-order valence-electron chi connectivity index (χ2n) is 11.2. The summed E-state index contributed by atoms with van der Waals surface area (Å²) >= 11 is 0. The zero-order valence-corrected chi connectivity index (χ0v) is 22.7. The predicted octanol–water partition coefficient (Wildman–Crippen LogP) is 4.66. The molecule has 1 aliphatic carbocycles. The number of para-hydroxylation sites is 1. The van der Waals surface area contributed by atoms with Crippen LogP contribution in [0.25, 0.3) is 23.1 Å². The average Bonchev–Trinajstić information content (AvgIpc) is 3.26. The zero-order valence-electron chi connectivity index (χ0n) is 22.7. The Bertz CT molecular complexity index is 1330. The van der Waals surface area contributed by atoms with E-state index < -0.39 is 5.60 Å². The molecule has 39 heavy (non-hydrogen) atoms. The highest BCUT2D eigenvalue weighted by molar-refractivity contribution is 5.70. The van der Waals surface area contributed by atoms with Gasteiger partial charge < -0.3 is 30.0 Å². The lowest BCUT2D eigenvalue weighted by Gasteiger charge is -2.39. The summed E-state index contributed by atoms with van der Waals surface area (Å²) in [6, 6.07) is 7.06. The molecule has 3 N–H and O–H groups in total. The molecular formula is C29H37N5O5. The molecule has 0 unspecified atom stereocenters. The van der Waals surface area contributed by atoms with Crippen LogP contribution in [0.2, 0.25) is 0 Å². The van der Waals surface area contributed by atoms with E-state index in [9.17, 15) is 9.90 Å². The molecule has 0 spiro atoms. The van der Waals surface area contributed by atoms with Crippen LogP contribution in [0.4, 0.5) is 10.6 Å². The van der Waals surface area contributed by atoms with Gasteiger partial charge in [-0.15, -0.1) is 0 Å². The van der Waals surface area contributed by atoms with Gasteiger partial charge in [0.2, 0.25) is 5.78 Å². The van der Waals surface area contributed by atoms with Crippen molar-refractivity contribution < 1.29 is 24.1 Å². The van der Waals surface area contributed by atoms with E-state index in [0.29, 0.717) is 42.5 Å². The van der Waals surface area contributed by atoms with Crippen LogP contribution >= 0.6 is 0 Å². The van der Waals surface area contributed by atoms with Crippen molar-refractivity contribution in [3.05, 3.63) is 48.3 Å². The summed E-state index contributed by atoms with van der Waals surface area (Å²) in [5.41, 5.74) is 7.70. The lowest BCUT2D eigenvalue weighted by atomic mass is 9.91. The first-order chi connectivity index (χ1) is 18.6. The number of aromatic hydroxyl groups is 1. The maximum atomic E-state index is 12.2. The third kappa shape index (κ3) is 6.69. The molecule has 1 aliphatic heterocycles. The van der Waals surface area contributed by atoms with E-state index in [1.165, 1.54) is 0 Å². The van der Waals surface area contributed by atoms with Gasteiger partial charge in [-0.3, -0.25) is 4.40 Å². The Morgan fingerprint density at radius 1 is 1.10 bits per heavy atom. The van der Waals surface area contributed by atoms with Gasteiger partial charge >= 0.3 is 6.09 Å². The molecule has 10 heteroatoms. The number of aromatic nitrogens is 3. The number of rotatable bonds is 7. The summed E-state index contributed by atoms with van der Waals surface area (Å²) in [6.07, 6.45) is 11.2. The van der Waals surface area contributed by atoms with Crippen molar-refractivity contribution in [2.75, 3.05) is 25.4 Å². The van der Waals surface area contributed by atoms with E-state index in [1.807, 2.05) is 57.4 Å². The molecule has 5 rings (SSSR count). The largest absolute Gasteiger partial charge is 0.507 e. The number of anilines is 1. The van der Waals surface area contributed by atoms with Crippen molar-refractivity contribution in [1.29, 1.82) is 0 Å². The van der Waals surface area contributed by atoms with Crippen LogP contribution in [0, 0.1) is 0 Å². The van der Waals surface area contributed by atoms with Crippen LogP contribution in [0.1, 0.15) is 52.0 Å². The zero-order chi connectivity index (χ0) is 27.6. The topological polar surface area (TPSA) is 124 Å². The number of nitrogens with zero attached hydrogens (tertiary/aromatic N) is 4. The number of imidazole rings is 1. The standard InChI is InChI=1S/C29H37N5O5/c1-29(2,3)39-28(36)33-12-10-20(11-13-33)38-22-15-21(16-22)37-14-6-7-19-17-34-18-24(31-27(34)32-26(19)30)23-8-4-5-9-25(23)35/h4-9,17-18,20-22,35H,10-16H2,1-3H3,(H2,30,31,32)/b7-6+. The molecule has 2 aromatic heterocycles. The van der Waals surface area contributed by atoms with Gasteiger partial charge in [0.1, 0.15) is 17.2 Å². The third-order valence-electron chi connectivity index (χ3n) is 6.94. The monoisotopic (exact) mass is 535 g/mol. The lowest BCUT2D eigenvalue weighted by molar-refractivity contribution is -0.130. The number of phenolic OH excluding ortho intramolecular Hbond substituents is 1. The van der Waals surface area contributed by atoms with Crippen molar-refractivity contribution in [3.8, 4) is 17.0 Å². The quantitative estimate of drug-likeness (QED) is 0.448. The molecule has 2 aliphatic rings. The summed E-state index contributed by atoms with van der Waals surface area (Å²) in [5.74, 6) is 1.01. The highest BCUT2D eigenvalue weighted by atomic mass is 16.6. The van der Waals surface area contributed by atoms with Crippen molar-refractivity contribution in [2.45, 2.75) is 70.4 Å². The molecule has 0 bridgehead atoms. The highest BCUT2D eigenvalue weighted by Gasteiger charge is 2.34. The van der Waals surface area contributed by atoms with Crippen LogP contribution < -0.4 is 5.73 Å². The molecule has 10 nitrogen and oxygen atoms in total. The Morgan fingerprint density at radius 2 is 1.85 bits per heavy atom. The van der Waals surface area contributed by atoms with Gasteiger partial charge in [-0.25, -0.2) is 9.78 Å². The van der Waals surface area contributed by atoms with Crippen LogP contribution in [-0.2, 0) is 14.2 Å². The maximum absolute atomic E-state index is 12.2. The average molecular weight is 536 g/mol. The molecule has 1 saturated carbocycles. The second-order valence-corrected chi connectivity index (χ2v) is 11.2. The number of nitrogens with two attached hydrogens (primary N) is 1. The third-order valence-corrected chi connectivity index (χ3v) is 6.94. The van der Waals surface area contributed by atoms with Gasteiger partial charge in [0.05, 0.1) is 30.6 Å². The minimum absolute atomic E-state index is 0.165. The van der Waals surface area contributed by atoms with Crippen LogP contribution in [0.5, 0.6) is 5.75 Å². The SMILES string of the molecule is CC(C)(C)OC(=O)N1CCC(OC2CC(OC/C=C/c3cn4cc(-c5ccccc5O)nc4nc3N)C2)CC1. The van der Waals surface area contributed by atoms with Gasteiger partial charge in [-0.05, 0) is 58.6 Å². The Balaban J connectivity index is 1.04. The fourth-order valence-electron chi connectivity index (χ4n) is 4.80. The molecular weight excluding hydrogens is 498 g/mol. The van der Waals surface area contributed by atoms with Crippen molar-refractivity contribution in [1.82, 2.24) is 19.3 Å². The number of carbonyl (C=O) groups is 1. The number of amides is 1. The number of ether oxygens (including phenoxy) is 3. The van der Waals surface area contributed by atoms with Crippen molar-refractivity contribution in [3.63, 3.8) is 0 Å². The molecule has 2 fully saturated rings. The Labute approximate surface area is 228 Å². The maximum Gasteiger partial charge on any atom is 0.410 e. The van der Waals surface area contributed by atoms with E-state index in [-0.39, 0.29) is 30.2 Å². The van der Waals surface area contributed by atoms with E-state index in [0.717, 1.165) is 31.2 Å². The first-order valence-electron chi connectivity index (χ1n) is 13.5. The fourth-order valence-corrected chi connectivity index (χ4v) is 4.80. The molecule has 0 radical (unpaired) electrons. The number of phenols is 1. The fraction of sp³-hybridized carbons (Fsp3) is 0.483. The van der Waals surface area contributed by atoms with Crippen molar-refractivity contribution in [2.24, 2.45) is 0 Å². The second kappa shape index (κ2) is 11.2. The summed E-state index contributed by atoms with van der Waals surface area (Å²) < 4.78 is 19.5. The summed E-state index contributed by atoms with van der Waals surface area (Å²) in [6.45, 7) is 7.44. The first kappa shape index (κ1) is 27.0. The Morgan fingerprint density at radius 3 is 2.56 bits per heavy atom. The number of nitrogen functional groups attached to an aromatic ring is 1. The number of hydrogen-bond donors (Lipinski definition) is 2. The van der Waals surface area contributed by atoms with Crippen LogP contribution in [-0.4, -0.2) is 74.1 Å². The van der Waals surface area contributed by atoms with Gasteiger partial charge in [0.15, 0.2) is 0 Å². The van der Waals surface area contributed by atoms with Crippen molar-refractivity contribution >= 4 is 23.8 Å². The van der Waals surface area contributed by atoms with Gasteiger partial charge in [-0.2, -0.15) is 4.98 Å². The van der Waals surface area contributed by atoms with Crippen LogP contribution in [0.15, 0.2) is 42.7 Å². The first-order valence-corrected chi connectivity index (χ1v) is 13.5. The Kier molecular flexibility index (Phi) is 7.76. The molecule has 3 aromatic rings. The van der Waals surface area contributed by atoms with E-state index in [4.69, 9.17) is 19.9 Å². The van der Waals surface area contributed by atoms with Crippen LogP contribution in [0.3, 0.4) is 0 Å². The number of fused-ring (bicyclic) bond motifs is 1. The van der Waals surface area contributed by atoms with E-state index in [2.05, 4.69) is 9.97 Å². The van der Waals surface area contributed by atoms with E-state index in [1.54, 1.807) is 21.4 Å². The normalized spacial score (nSPS) is 20.4. The lowest BCUT2D eigenvalue weighted by Crippen LogP contribution is -2.46. The highest BCUT2D eigenvalue weighted by Crippen LogP contribution is 2.30. The van der Waals surface area contributed by atoms with E-state index >= 15 is 0 Å². The van der Waals surface area contributed by atoms with Gasteiger partial charge in [0, 0.05) is 36.6 Å². The molecule has 208 valence electrons. The predicted molar refractivity (Wildman–Crippen MR) is 148 cm³/mol. The Hall–Kier alpha value is -3.63. The minimum atomic E-state index is -0.476. The minimum Gasteiger partial charge on any atom is -0.507 e. The summed E-state index contributed by atoms with van der Waals surface area (Å²) in [5, 5.41) is 10.1. The summed E-state index contributed by atoms with van der Waals surface area (Å²) in [4.78, 5) is 22.9.